The van der Waals surface area contributed by atoms with Crippen molar-refractivity contribution in [3.8, 4) is 0 Å². The second-order valence-electron chi connectivity index (χ2n) is 6.55. The van der Waals surface area contributed by atoms with Crippen molar-refractivity contribution in [2.75, 3.05) is 0 Å². The Balaban J connectivity index is -0.000000295. The number of hydrogen-bond acceptors (Lipinski definition) is 4. The number of aliphatic carboxylic acids is 2. The molecule has 0 aliphatic rings. The molecule has 0 bridgehead atoms. The summed E-state index contributed by atoms with van der Waals surface area (Å²) in [7, 11) is 0. The van der Waals surface area contributed by atoms with E-state index >= 15 is 0 Å². The van der Waals surface area contributed by atoms with Gasteiger partial charge in [0.25, 0.3) is 0 Å². The maximum atomic E-state index is 10.4. The Bertz CT molecular complexity index is 269. The van der Waals surface area contributed by atoms with Crippen LogP contribution in [0.15, 0.2) is 0 Å². The molecule has 0 saturated heterocycles. The van der Waals surface area contributed by atoms with Gasteiger partial charge in [0.2, 0.25) is 0 Å². The van der Waals surface area contributed by atoms with Gasteiger partial charge in [-0.05, 0) is 12.8 Å². The van der Waals surface area contributed by atoms with Gasteiger partial charge in [-0.2, -0.15) is 0 Å². The van der Waals surface area contributed by atoms with Crippen molar-refractivity contribution in [3.63, 3.8) is 0 Å². The summed E-state index contributed by atoms with van der Waals surface area (Å²) >= 11 is 0. The second-order valence-corrected chi connectivity index (χ2v) is 6.55. The fraction of sp³-hybridized carbons (Fsp3) is 0.875. The Morgan fingerprint density at radius 1 is 0.762 bits per heavy atom. The van der Waals surface area contributed by atoms with Crippen LogP contribution >= 0.6 is 0 Å². The van der Waals surface area contributed by atoms with E-state index in [1.165, 1.54) is 0 Å². The van der Waals surface area contributed by atoms with Gasteiger partial charge in [-0.1, -0.05) is 67.2 Å². The number of unbranched alkanes of at least 4 members (excludes halogenated alkanes) is 2. The predicted octanol–water partition coefficient (Wildman–Crippen LogP) is 1.52. The number of carboxylic acid groups (broad SMARTS) is 2. The van der Waals surface area contributed by atoms with Crippen molar-refractivity contribution < 1.29 is 19.8 Å². The average molecular weight is 424 g/mol. The summed E-state index contributed by atoms with van der Waals surface area (Å²) in [4.78, 5) is 20.8. The maximum absolute atomic E-state index is 10.4. The summed E-state index contributed by atoms with van der Waals surface area (Å²) in [6, 6.07) is 0. The topological polar surface area (TPSA) is 80.3 Å². The predicted molar refractivity (Wildman–Crippen MR) is 82.4 cm³/mol. The number of rotatable bonds is 8. The van der Waals surface area contributed by atoms with Crippen LogP contribution in [0.1, 0.15) is 80.1 Å². The zero-order chi connectivity index (χ0) is 16.4. The average Bonchev–Trinajstić information content (AvgIpc) is 2.34. The first kappa shape index (κ1) is 26.4. The number of hydrogen-bond donors (Lipinski definition) is 0. The maximum Gasteiger partial charge on any atom is 2.00 e. The molecule has 0 aliphatic heterocycles. The molecule has 0 unspecified atom stereocenters. The molecule has 0 fully saturated rings. The fourth-order valence-corrected chi connectivity index (χ4v) is 1.44. The third-order valence-corrected chi connectivity index (χ3v) is 3.42. The SMILES string of the molecule is CCCCC(C)(C)C(=O)[O-].CCCCC(C)(C)C(=O)[O-].[Ba+2]. The molecule has 0 aliphatic carbocycles. The summed E-state index contributed by atoms with van der Waals surface area (Å²) in [5, 5.41) is 20.8. The summed E-state index contributed by atoms with van der Waals surface area (Å²) in [5.41, 5.74) is -1.29. The van der Waals surface area contributed by atoms with Crippen LogP contribution in [0.25, 0.3) is 0 Å². The van der Waals surface area contributed by atoms with E-state index in [1.807, 2.05) is 13.8 Å². The number of carboxylic acids is 2. The Kier molecular flexibility index (Phi) is 16.3. The van der Waals surface area contributed by atoms with E-state index in [9.17, 15) is 19.8 Å². The molecule has 0 rings (SSSR count). The quantitative estimate of drug-likeness (QED) is 0.554. The van der Waals surface area contributed by atoms with Crippen LogP contribution in [0, 0.1) is 10.8 Å². The number of carbonyl (C=O) groups is 2. The molecule has 0 aromatic carbocycles. The van der Waals surface area contributed by atoms with Crippen LogP contribution < -0.4 is 10.2 Å². The number of carbonyl (C=O) groups excluding carboxylic acids is 2. The molecule has 0 N–H and O–H groups in total. The minimum absolute atomic E-state index is 0. The molecule has 0 spiro atoms. The van der Waals surface area contributed by atoms with E-state index in [0.717, 1.165) is 25.7 Å². The van der Waals surface area contributed by atoms with E-state index in [0.29, 0.717) is 12.8 Å². The molecule has 120 valence electrons. The molecule has 0 aromatic rings. The van der Waals surface area contributed by atoms with Gasteiger partial charge >= 0.3 is 48.9 Å². The molecular formula is C16H30BaO4. The van der Waals surface area contributed by atoms with Gasteiger partial charge in [0.15, 0.2) is 0 Å². The molecule has 0 radical (unpaired) electrons. The molecule has 0 atom stereocenters. The first-order valence-corrected chi connectivity index (χ1v) is 7.44. The zero-order valence-electron chi connectivity index (χ0n) is 14.6. The summed E-state index contributed by atoms with van der Waals surface area (Å²) in [6.45, 7) is 10.9. The Morgan fingerprint density at radius 3 is 1.14 bits per heavy atom. The minimum Gasteiger partial charge on any atom is -0.550 e. The monoisotopic (exact) mass is 424 g/mol. The molecule has 0 amide bonds. The van der Waals surface area contributed by atoms with Crippen LogP contribution in [0.3, 0.4) is 0 Å². The van der Waals surface area contributed by atoms with E-state index < -0.39 is 22.8 Å². The zero-order valence-corrected chi connectivity index (χ0v) is 19.0. The summed E-state index contributed by atoms with van der Waals surface area (Å²) in [5.74, 6) is -1.89. The molecular weight excluding hydrogens is 394 g/mol. The molecule has 0 heterocycles. The van der Waals surface area contributed by atoms with Crippen LogP contribution in [-0.4, -0.2) is 60.8 Å². The van der Waals surface area contributed by atoms with Gasteiger partial charge in [0, 0.05) is 22.8 Å². The molecule has 21 heavy (non-hydrogen) atoms. The van der Waals surface area contributed by atoms with Gasteiger partial charge in [-0.25, -0.2) is 0 Å². The van der Waals surface area contributed by atoms with Gasteiger partial charge in [0.05, 0.1) is 0 Å². The van der Waals surface area contributed by atoms with Crippen molar-refractivity contribution in [2.24, 2.45) is 10.8 Å². The van der Waals surface area contributed by atoms with Crippen molar-refractivity contribution in [3.05, 3.63) is 0 Å². The third-order valence-electron chi connectivity index (χ3n) is 3.42. The van der Waals surface area contributed by atoms with Crippen molar-refractivity contribution in [2.45, 2.75) is 80.1 Å². The standard InChI is InChI=1S/2C8H16O2.Ba/c2*1-4-5-6-8(2,3)7(9)10;/h2*4-6H2,1-3H3,(H,9,10);/q;;+2/p-2. The first-order chi connectivity index (χ1) is 9.01. The largest absolute Gasteiger partial charge is 2.00 e. The van der Waals surface area contributed by atoms with Gasteiger partial charge in [-0.15, -0.1) is 0 Å². The Morgan fingerprint density at radius 2 is 1.00 bits per heavy atom. The van der Waals surface area contributed by atoms with Gasteiger partial charge < -0.3 is 19.8 Å². The Labute approximate surface area is 170 Å². The minimum atomic E-state index is -0.944. The summed E-state index contributed by atoms with van der Waals surface area (Å²) < 4.78 is 0. The van der Waals surface area contributed by atoms with Crippen LogP contribution in [0.4, 0.5) is 0 Å². The fourth-order valence-electron chi connectivity index (χ4n) is 1.44. The molecule has 5 heteroatoms. The van der Waals surface area contributed by atoms with E-state index in [-0.39, 0.29) is 48.9 Å². The van der Waals surface area contributed by atoms with E-state index in [1.54, 1.807) is 27.7 Å². The molecule has 0 aromatic heterocycles. The van der Waals surface area contributed by atoms with Crippen LogP contribution in [-0.2, 0) is 9.59 Å². The molecule has 0 saturated carbocycles. The smallest absolute Gasteiger partial charge is 0.550 e. The van der Waals surface area contributed by atoms with Crippen molar-refractivity contribution in [1.29, 1.82) is 0 Å². The third kappa shape index (κ3) is 13.9. The van der Waals surface area contributed by atoms with E-state index in [2.05, 4.69) is 0 Å². The van der Waals surface area contributed by atoms with E-state index in [4.69, 9.17) is 0 Å². The normalized spacial score (nSPS) is 11.0. The molecule has 4 nitrogen and oxygen atoms in total. The Hall–Kier alpha value is 0.511. The van der Waals surface area contributed by atoms with Gasteiger partial charge in [0.1, 0.15) is 0 Å². The first-order valence-electron chi connectivity index (χ1n) is 7.44. The van der Waals surface area contributed by atoms with Gasteiger partial charge in [-0.3, -0.25) is 0 Å². The van der Waals surface area contributed by atoms with Crippen molar-refractivity contribution in [1.82, 2.24) is 0 Å². The summed E-state index contributed by atoms with van der Waals surface area (Å²) in [6.07, 6.45) is 5.42. The van der Waals surface area contributed by atoms with Crippen molar-refractivity contribution >= 4 is 60.8 Å². The second kappa shape index (κ2) is 13.0. The van der Waals surface area contributed by atoms with Crippen LogP contribution in [0.2, 0.25) is 0 Å². The van der Waals surface area contributed by atoms with Crippen LogP contribution in [0.5, 0.6) is 0 Å².